The number of rotatable bonds is 9. The van der Waals surface area contributed by atoms with Gasteiger partial charge in [-0.3, -0.25) is 9.59 Å². The first-order chi connectivity index (χ1) is 16.0. The summed E-state index contributed by atoms with van der Waals surface area (Å²) in [6, 6.07) is 16.8. The second kappa shape index (κ2) is 10.3. The minimum atomic E-state index is -0.737. The number of fused-ring (bicyclic) bond motifs is 2. The highest BCUT2D eigenvalue weighted by Crippen LogP contribution is 2.26. The van der Waals surface area contributed by atoms with Crippen molar-refractivity contribution in [3.8, 4) is 6.07 Å². The van der Waals surface area contributed by atoms with E-state index < -0.39 is 12.1 Å². The number of aromatic nitrogens is 1. The van der Waals surface area contributed by atoms with Gasteiger partial charge in [0.2, 0.25) is 11.8 Å². The lowest BCUT2D eigenvalue weighted by atomic mass is 10.0. The normalized spacial score (nSPS) is 12.8. The van der Waals surface area contributed by atoms with E-state index in [1.54, 1.807) is 18.3 Å². The number of carbonyl (C=O) groups excluding carboxylic acids is 2. The van der Waals surface area contributed by atoms with Crippen LogP contribution in [-0.2, 0) is 22.4 Å². The van der Waals surface area contributed by atoms with E-state index in [4.69, 9.17) is 5.26 Å². The molecule has 6 nitrogen and oxygen atoms in total. The summed E-state index contributed by atoms with van der Waals surface area (Å²) in [5.74, 6) is -0.511. The average molecular weight is 459 g/mol. The number of para-hydroxylation sites is 1. The molecule has 0 bridgehead atoms. The lowest BCUT2D eigenvalue weighted by molar-refractivity contribution is -0.129. The average Bonchev–Trinajstić information content (AvgIpc) is 3.43. The molecule has 4 aromatic rings. The van der Waals surface area contributed by atoms with E-state index in [0.717, 1.165) is 27.6 Å². The third-order valence-electron chi connectivity index (χ3n) is 5.71. The topological polar surface area (TPSA) is 97.8 Å². The van der Waals surface area contributed by atoms with Gasteiger partial charge in [0.05, 0.1) is 6.07 Å². The molecule has 2 aromatic carbocycles. The van der Waals surface area contributed by atoms with Crippen molar-refractivity contribution in [2.45, 2.75) is 44.7 Å². The van der Waals surface area contributed by atoms with Crippen LogP contribution in [-0.4, -0.2) is 28.9 Å². The van der Waals surface area contributed by atoms with Crippen LogP contribution in [0.2, 0.25) is 0 Å². The maximum atomic E-state index is 12.8. The van der Waals surface area contributed by atoms with E-state index in [-0.39, 0.29) is 11.8 Å². The summed E-state index contributed by atoms with van der Waals surface area (Å²) in [7, 11) is 0. The van der Waals surface area contributed by atoms with E-state index in [1.165, 1.54) is 10.9 Å². The van der Waals surface area contributed by atoms with Crippen molar-refractivity contribution in [2.24, 2.45) is 0 Å². The van der Waals surface area contributed by atoms with Gasteiger partial charge in [0.1, 0.15) is 12.1 Å². The summed E-state index contributed by atoms with van der Waals surface area (Å²) in [4.78, 5) is 28.8. The van der Waals surface area contributed by atoms with Gasteiger partial charge in [-0.2, -0.15) is 5.26 Å². The Morgan fingerprint density at radius 3 is 2.64 bits per heavy atom. The number of H-pyrrole nitrogens is 1. The van der Waals surface area contributed by atoms with Gasteiger partial charge in [-0.25, -0.2) is 0 Å². The molecule has 2 atom stereocenters. The summed E-state index contributed by atoms with van der Waals surface area (Å²) in [5, 5.41) is 18.9. The Morgan fingerprint density at radius 1 is 1.06 bits per heavy atom. The molecule has 0 aliphatic rings. The number of nitriles is 1. The van der Waals surface area contributed by atoms with Gasteiger partial charge in [-0.15, -0.1) is 11.3 Å². The predicted octanol–water partition coefficient (Wildman–Crippen LogP) is 4.46. The van der Waals surface area contributed by atoms with Crippen LogP contribution in [0.25, 0.3) is 21.0 Å². The van der Waals surface area contributed by atoms with E-state index in [0.29, 0.717) is 19.3 Å². The lowest BCUT2D eigenvalue weighted by Crippen LogP contribution is -2.49. The molecule has 0 saturated heterocycles. The Hall–Kier alpha value is -3.63. The molecule has 3 N–H and O–H groups in total. The van der Waals surface area contributed by atoms with Crippen molar-refractivity contribution in [1.29, 1.82) is 5.26 Å². The zero-order chi connectivity index (χ0) is 23.2. The van der Waals surface area contributed by atoms with Crippen molar-refractivity contribution in [2.75, 3.05) is 0 Å². The summed E-state index contributed by atoms with van der Waals surface area (Å²) < 4.78 is 1.14. The van der Waals surface area contributed by atoms with Gasteiger partial charge >= 0.3 is 0 Å². The zero-order valence-electron chi connectivity index (χ0n) is 18.4. The Labute approximate surface area is 196 Å². The zero-order valence-corrected chi connectivity index (χ0v) is 19.2. The van der Waals surface area contributed by atoms with Crippen molar-refractivity contribution < 1.29 is 9.59 Å². The SMILES string of the molecule is CC(C#N)NC(=O)C(Cc1csc2ccccc12)NC(=O)CCCc1c[nH]c2ccccc12. The van der Waals surface area contributed by atoms with Crippen LogP contribution < -0.4 is 10.6 Å². The first kappa shape index (κ1) is 22.6. The van der Waals surface area contributed by atoms with Crippen LogP contribution in [0.1, 0.15) is 30.9 Å². The highest BCUT2D eigenvalue weighted by Gasteiger charge is 2.23. The number of benzene rings is 2. The fraction of sp³-hybridized carbons (Fsp3) is 0.269. The molecule has 2 unspecified atom stereocenters. The van der Waals surface area contributed by atoms with Crippen molar-refractivity contribution >= 4 is 44.1 Å². The lowest BCUT2D eigenvalue weighted by Gasteiger charge is -2.19. The van der Waals surface area contributed by atoms with Crippen LogP contribution >= 0.6 is 11.3 Å². The van der Waals surface area contributed by atoms with Gasteiger partial charge in [0, 0.05) is 34.6 Å². The summed E-state index contributed by atoms with van der Waals surface area (Å²) in [5.41, 5.74) is 3.28. The van der Waals surface area contributed by atoms with E-state index in [9.17, 15) is 9.59 Å². The van der Waals surface area contributed by atoms with Crippen molar-refractivity contribution in [3.05, 3.63) is 71.2 Å². The molecule has 0 fully saturated rings. The molecule has 2 amide bonds. The molecular formula is C26H26N4O2S. The first-order valence-corrected chi connectivity index (χ1v) is 11.9. The van der Waals surface area contributed by atoms with E-state index in [1.807, 2.05) is 60.1 Å². The van der Waals surface area contributed by atoms with Crippen molar-refractivity contribution in [3.63, 3.8) is 0 Å². The van der Waals surface area contributed by atoms with Crippen LogP contribution in [0.4, 0.5) is 0 Å². The Kier molecular flexibility index (Phi) is 7.06. The van der Waals surface area contributed by atoms with Gasteiger partial charge in [0.25, 0.3) is 0 Å². The fourth-order valence-electron chi connectivity index (χ4n) is 4.01. The maximum Gasteiger partial charge on any atom is 0.243 e. The second-order valence-corrected chi connectivity index (χ2v) is 9.06. The molecule has 0 radical (unpaired) electrons. The number of aromatic amines is 1. The largest absolute Gasteiger partial charge is 0.361 e. The standard InChI is InChI=1S/C26H26N4O2S/c1-17(14-27)29-26(32)23(13-19-16-33-24-11-5-3-9-21(19)24)30-25(31)12-6-7-18-15-28-22-10-4-2-8-20(18)22/h2-5,8-11,15-17,23,28H,6-7,12-13H2,1H3,(H,29,32)(H,30,31). The van der Waals surface area contributed by atoms with Crippen LogP contribution in [0, 0.1) is 11.3 Å². The molecule has 2 aromatic heterocycles. The van der Waals surface area contributed by atoms with Crippen LogP contribution in [0.5, 0.6) is 0 Å². The molecular weight excluding hydrogens is 432 g/mol. The highest BCUT2D eigenvalue weighted by molar-refractivity contribution is 7.17. The number of carbonyl (C=O) groups is 2. The van der Waals surface area contributed by atoms with Crippen LogP contribution in [0.3, 0.4) is 0 Å². The predicted molar refractivity (Wildman–Crippen MR) is 132 cm³/mol. The molecule has 4 rings (SSSR count). The number of thiophene rings is 1. The highest BCUT2D eigenvalue weighted by atomic mass is 32.1. The second-order valence-electron chi connectivity index (χ2n) is 8.15. The van der Waals surface area contributed by atoms with E-state index in [2.05, 4.69) is 21.7 Å². The maximum absolute atomic E-state index is 12.8. The molecule has 0 aliphatic heterocycles. The Balaban J connectivity index is 1.41. The minimum Gasteiger partial charge on any atom is -0.361 e. The number of amides is 2. The van der Waals surface area contributed by atoms with Crippen LogP contribution in [0.15, 0.2) is 60.1 Å². The molecule has 0 saturated carbocycles. The fourth-order valence-corrected chi connectivity index (χ4v) is 4.99. The molecule has 0 aliphatic carbocycles. The molecule has 0 spiro atoms. The summed E-state index contributed by atoms with van der Waals surface area (Å²) in [6.07, 6.45) is 4.14. The first-order valence-electron chi connectivity index (χ1n) is 11.0. The molecule has 2 heterocycles. The summed E-state index contributed by atoms with van der Waals surface area (Å²) >= 11 is 1.62. The monoisotopic (exact) mass is 458 g/mol. The number of hydrogen-bond donors (Lipinski definition) is 3. The van der Waals surface area contributed by atoms with E-state index >= 15 is 0 Å². The minimum absolute atomic E-state index is 0.167. The molecule has 7 heteroatoms. The number of nitrogens with zero attached hydrogens (tertiary/aromatic N) is 1. The summed E-state index contributed by atoms with van der Waals surface area (Å²) in [6.45, 7) is 1.62. The Bertz CT molecular complexity index is 1320. The number of nitrogens with one attached hydrogen (secondary N) is 3. The molecule has 33 heavy (non-hydrogen) atoms. The van der Waals surface area contributed by atoms with Gasteiger partial charge < -0.3 is 15.6 Å². The number of hydrogen-bond acceptors (Lipinski definition) is 4. The molecule has 168 valence electrons. The number of aryl methyl sites for hydroxylation is 1. The van der Waals surface area contributed by atoms with Gasteiger partial charge in [0.15, 0.2) is 0 Å². The quantitative estimate of drug-likeness (QED) is 0.345. The Morgan fingerprint density at radius 2 is 1.82 bits per heavy atom. The third-order valence-corrected chi connectivity index (χ3v) is 6.73. The third kappa shape index (κ3) is 5.41. The van der Waals surface area contributed by atoms with Gasteiger partial charge in [-0.1, -0.05) is 36.4 Å². The smallest absolute Gasteiger partial charge is 0.243 e. The van der Waals surface area contributed by atoms with Gasteiger partial charge in [-0.05, 0) is 53.8 Å². The van der Waals surface area contributed by atoms with Crippen molar-refractivity contribution in [1.82, 2.24) is 15.6 Å².